The Morgan fingerprint density at radius 1 is 0.912 bits per heavy atom. The molecule has 0 bridgehead atoms. The third-order valence-corrected chi connectivity index (χ3v) is 8.25. The van der Waals surface area contributed by atoms with Crippen LogP contribution in [-0.4, -0.2) is 63.0 Å². The summed E-state index contributed by atoms with van der Waals surface area (Å²) in [5, 5.41) is 3.90. The summed E-state index contributed by atoms with van der Waals surface area (Å²) in [4.78, 5) is 20.0. The first-order valence-electron chi connectivity index (χ1n) is 11.7. The molecule has 2 aromatic carbocycles. The van der Waals surface area contributed by atoms with Crippen LogP contribution in [0.25, 0.3) is 10.9 Å². The van der Waals surface area contributed by atoms with Crippen LogP contribution in [0.4, 0.5) is 11.4 Å². The lowest BCUT2D eigenvalue weighted by molar-refractivity contribution is 0.0730. The summed E-state index contributed by atoms with van der Waals surface area (Å²) in [5.41, 5.74) is 2.32. The first-order chi connectivity index (χ1) is 16.5. The van der Waals surface area contributed by atoms with E-state index >= 15 is 0 Å². The zero-order chi connectivity index (χ0) is 23.5. The number of hydrogen-bond acceptors (Lipinski definition) is 6. The van der Waals surface area contributed by atoms with Crippen molar-refractivity contribution in [2.75, 3.05) is 49.6 Å². The second kappa shape index (κ2) is 9.69. The molecule has 2 aliphatic rings. The number of nitrogens with zero attached hydrogens (tertiary/aromatic N) is 3. The fraction of sp³-hybridized carbons (Fsp3) is 0.360. The van der Waals surface area contributed by atoms with Gasteiger partial charge in [0, 0.05) is 31.6 Å². The Morgan fingerprint density at radius 3 is 2.47 bits per heavy atom. The number of ether oxygens (including phenoxy) is 1. The second-order valence-electron chi connectivity index (χ2n) is 8.59. The Kier molecular flexibility index (Phi) is 6.49. The van der Waals surface area contributed by atoms with E-state index < -0.39 is 10.0 Å². The minimum Gasteiger partial charge on any atom is -0.379 e. The summed E-state index contributed by atoms with van der Waals surface area (Å²) in [6.07, 6.45) is 3.30. The maximum absolute atomic E-state index is 13.3. The number of sulfonamides is 1. The number of benzene rings is 2. The smallest absolute Gasteiger partial charge is 0.274 e. The van der Waals surface area contributed by atoms with Crippen LogP contribution in [0.5, 0.6) is 0 Å². The normalized spacial score (nSPS) is 17.6. The minimum absolute atomic E-state index is 0.164. The molecule has 9 heteroatoms. The number of rotatable bonds is 5. The van der Waals surface area contributed by atoms with Crippen molar-refractivity contribution in [1.29, 1.82) is 0 Å². The lowest BCUT2D eigenvalue weighted by Crippen LogP contribution is -2.40. The summed E-state index contributed by atoms with van der Waals surface area (Å²) in [6, 6.07) is 16.2. The van der Waals surface area contributed by atoms with Crippen LogP contribution in [0.2, 0.25) is 0 Å². The molecule has 0 saturated carbocycles. The van der Waals surface area contributed by atoms with Gasteiger partial charge in [0.25, 0.3) is 5.91 Å². The Labute approximate surface area is 199 Å². The topological polar surface area (TPSA) is 91.8 Å². The van der Waals surface area contributed by atoms with Crippen LogP contribution in [-0.2, 0) is 14.8 Å². The van der Waals surface area contributed by atoms with Crippen molar-refractivity contribution in [2.45, 2.75) is 24.2 Å². The molecule has 0 radical (unpaired) electrons. The zero-order valence-corrected chi connectivity index (χ0v) is 19.8. The summed E-state index contributed by atoms with van der Waals surface area (Å²) in [5.74, 6) is -0.370. The number of amides is 1. The molecule has 178 valence electrons. The van der Waals surface area contributed by atoms with E-state index in [2.05, 4.69) is 15.2 Å². The molecule has 0 aliphatic carbocycles. The van der Waals surface area contributed by atoms with Crippen LogP contribution in [0.15, 0.2) is 59.5 Å². The molecule has 2 saturated heterocycles. The van der Waals surface area contributed by atoms with Crippen molar-refractivity contribution in [3.63, 3.8) is 0 Å². The lowest BCUT2D eigenvalue weighted by atomic mass is 10.1. The van der Waals surface area contributed by atoms with Gasteiger partial charge in [-0.25, -0.2) is 13.4 Å². The summed E-state index contributed by atoms with van der Waals surface area (Å²) >= 11 is 0. The van der Waals surface area contributed by atoms with Gasteiger partial charge in [0.1, 0.15) is 5.69 Å². The van der Waals surface area contributed by atoms with E-state index in [0.29, 0.717) is 32.0 Å². The van der Waals surface area contributed by atoms with E-state index in [9.17, 15) is 13.2 Å². The molecule has 2 aliphatic heterocycles. The lowest BCUT2D eigenvalue weighted by Gasteiger charge is -2.31. The van der Waals surface area contributed by atoms with Gasteiger partial charge in [0.15, 0.2) is 0 Å². The summed E-state index contributed by atoms with van der Waals surface area (Å²) in [6.45, 7) is 3.13. The third kappa shape index (κ3) is 4.64. The van der Waals surface area contributed by atoms with E-state index in [1.807, 2.05) is 36.4 Å². The SMILES string of the molecule is O=C(Nc1cc(S(=O)(=O)N2CCOCC2)ccc1N1CCCCC1)c1ccc2ccccc2n1. The van der Waals surface area contributed by atoms with Crippen molar-refractivity contribution in [1.82, 2.24) is 9.29 Å². The maximum atomic E-state index is 13.3. The highest BCUT2D eigenvalue weighted by molar-refractivity contribution is 7.89. The summed E-state index contributed by atoms with van der Waals surface area (Å²) < 4.78 is 33.3. The predicted octanol–water partition coefficient (Wildman–Crippen LogP) is 3.50. The fourth-order valence-electron chi connectivity index (χ4n) is 4.50. The molecule has 3 heterocycles. The molecule has 8 nitrogen and oxygen atoms in total. The average molecular weight is 481 g/mol. The van der Waals surface area contributed by atoms with Crippen molar-refractivity contribution in [3.8, 4) is 0 Å². The van der Waals surface area contributed by atoms with E-state index in [1.54, 1.807) is 18.2 Å². The predicted molar refractivity (Wildman–Crippen MR) is 132 cm³/mol. The Hall–Kier alpha value is -3.01. The number of hydrogen-bond donors (Lipinski definition) is 1. The van der Waals surface area contributed by atoms with Crippen LogP contribution >= 0.6 is 0 Å². The van der Waals surface area contributed by atoms with Crippen LogP contribution < -0.4 is 10.2 Å². The van der Waals surface area contributed by atoms with Gasteiger partial charge in [-0.3, -0.25) is 4.79 Å². The highest BCUT2D eigenvalue weighted by Gasteiger charge is 2.28. The monoisotopic (exact) mass is 480 g/mol. The minimum atomic E-state index is -3.69. The highest BCUT2D eigenvalue weighted by Crippen LogP contribution is 2.32. The average Bonchev–Trinajstić information content (AvgIpc) is 2.89. The Balaban J connectivity index is 1.49. The number of aromatic nitrogens is 1. The van der Waals surface area contributed by atoms with Gasteiger partial charge in [-0.1, -0.05) is 24.3 Å². The summed E-state index contributed by atoms with van der Waals surface area (Å²) in [7, 11) is -3.69. The molecule has 0 spiro atoms. The quantitative estimate of drug-likeness (QED) is 0.601. The largest absolute Gasteiger partial charge is 0.379 e. The third-order valence-electron chi connectivity index (χ3n) is 6.35. The molecule has 34 heavy (non-hydrogen) atoms. The molecule has 1 amide bonds. The number of piperidine rings is 1. The van der Waals surface area contributed by atoms with E-state index in [4.69, 9.17) is 4.74 Å². The second-order valence-corrected chi connectivity index (χ2v) is 10.5. The van der Waals surface area contributed by atoms with Gasteiger partial charge in [-0.05, 0) is 49.6 Å². The fourth-order valence-corrected chi connectivity index (χ4v) is 5.94. The molecule has 0 unspecified atom stereocenters. The molecular formula is C25H28N4O4S. The zero-order valence-electron chi connectivity index (χ0n) is 18.9. The first kappa shape index (κ1) is 22.8. The van der Waals surface area contributed by atoms with E-state index in [0.717, 1.165) is 42.5 Å². The van der Waals surface area contributed by atoms with Gasteiger partial charge in [0.2, 0.25) is 10.0 Å². The van der Waals surface area contributed by atoms with Crippen LogP contribution in [0.1, 0.15) is 29.8 Å². The number of carbonyl (C=O) groups is 1. The van der Waals surface area contributed by atoms with E-state index in [-0.39, 0.29) is 16.5 Å². The van der Waals surface area contributed by atoms with Gasteiger partial charge >= 0.3 is 0 Å². The molecule has 3 aromatic rings. The molecule has 1 N–H and O–H groups in total. The molecule has 5 rings (SSSR count). The molecule has 0 atom stereocenters. The molecule has 2 fully saturated rings. The van der Waals surface area contributed by atoms with Gasteiger partial charge < -0.3 is 15.0 Å². The van der Waals surface area contributed by atoms with E-state index in [1.165, 1.54) is 10.7 Å². The number of nitrogens with one attached hydrogen (secondary N) is 1. The number of para-hydroxylation sites is 1. The van der Waals surface area contributed by atoms with Gasteiger partial charge in [-0.2, -0.15) is 4.31 Å². The van der Waals surface area contributed by atoms with Crippen molar-refractivity contribution in [2.24, 2.45) is 0 Å². The van der Waals surface area contributed by atoms with Crippen molar-refractivity contribution < 1.29 is 17.9 Å². The van der Waals surface area contributed by atoms with Crippen molar-refractivity contribution in [3.05, 3.63) is 60.3 Å². The number of morpholine rings is 1. The van der Waals surface area contributed by atoms with Crippen molar-refractivity contribution >= 4 is 38.2 Å². The van der Waals surface area contributed by atoms with Gasteiger partial charge in [0.05, 0.1) is 35.0 Å². The number of pyridine rings is 1. The van der Waals surface area contributed by atoms with Gasteiger partial charge in [-0.15, -0.1) is 0 Å². The highest BCUT2D eigenvalue weighted by atomic mass is 32.2. The Bertz CT molecular complexity index is 1300. The molecule has 1 aromatic heterocycles. The number of carbonyl (C=O) groups excluding carboxylic acids is 1. The van der Waals surface area contributed by atoms with Crippen LogP contribution in [0, 0.1) is 0 Å². The number of anilines is 2. The van der Waals surface area contributed by atoms with Crippen LogP contribution in [0.3, 0.4) is 0 Å². The first-order valence-corrected chi connectivity index (χ1v) is 13.1. The Morgan fingerprint density at radius 2 is 1.68 bits per heavy atom. The number of fused-ring (bicyclic) bond motifs is 1. The maximum Gasteiger partial charge on any atom is 0.274 e. The standard InChI is InChI=1S/C25H28N4O4S/c30-25(22-10-8-19-6-2-3-7-21(19)26-22)27-23-18-20(34(31,32)29-14-16-33-17-15-29)9-11-24(23)28-12-4-1-5-13-28/h2-3,6-11,18H,1,4-5,12-17H2,(H,27,30). The molecular weight excluding hydrogens is 452 g/mol.